The van der Waals surface area contributed by atoms with E-state index < -0.39 is 17.7 Å². The first kappa shape index (κ1) is 17.1. The first-order chi connectivity index (χ1) is 10.7. The van der Waals surface area contributed by atoms with Gasteiger partial charge in [0.25, 0.3) is 0 Å². The summed E-state index contributed by atoms with van der Waals surface area (Å²) in [6.07, 6.45) is 0.271. The number of rotatable bonds is 2. The van der Waals surface area contributed by atoms with Crippen molar-refractivity contribution >= 4 is 12.1 Å². The van der Waals surface area contributed by atoms with E-state index in [1.54, 1.807) is 4.90 Å². The molecule has 1 aromatic rings. The number of carbonyl (C=O) groups excluding carboxylic acids is 2. The molecular weight excluding hydrogens is 294 g/mol. The smallest absolute Gasteiger partial charge is 0.407 e. The van der Waals surface area contributed by atoms with Gasteiger partial charge in [0, 0.05) is 19.0 Å². The number of likely N-dealkylation sites (tertiary alicyclic amines) is 1. The number of urea groups is 1. The van der Waals surface area contributed by atoms with Gasteiger partial charge >= 0.3 is 12.1 Å². The number of nitrogens with two attached hydrogens (primary N) is 1. The van der Waals surface area contributed by atoms with Crippen molar-refractivity contribution in [2.75, 3.05) is 13.1 Å². The van der Waals surface area contributed by atoms with E-state index in [2.05, 4.69) is 5.32 Å². The van der Waals surface area contributed by atoms with E-state index in [1.807, 2.05) is 51.1 Å². The summed E-state index contributed by atoms with van der Waals surface area (Å²) < 4.78 is 5.29. The number of primary amides is 1. The molecule has 3 amide bonds. The highest BCUT2D eigenvalue weighted by Gasteiger charge is 2.31. The Kier molecular flexibility index (Phi) is 5.13. The Hall–Kier alpha value is -2.24. The minimum Gasteiger partial charge on any atom is -0.444 e. The van der Waals surface area contributed by atoms with E-state index in [4.69, 9.17) is 10.5 Å². The van der Waals surface area contributed by atoms with Gasteiger partial charge in [0.1, 0.15) is 5.60 Å². The Morgan fingerprint density at radius 2 is 1.87 bits per heavy atom. The van der Waals surface area contributed by atoms with Gasteiger partial charge in [-0.2, -0.15) is 0 Å². The van der Waals surface area contributed by atoms with E-state index >= 15 is 0 Å². The SMILES string of the molecule is CC(C)(C)OC(=O)NC1CC(c2ccccc2)CN(C(N)=O)C1. The topological polar surface area (TPSA) is 84.7 Å². The van der Waals surface area contributed by atoms with Crippen LogP contribution in [0.15, 0.2) is 30.3 Å². The monoisotopic (exact) mass is 319 g/mol. The minimum atomic E-state index is -0.555. The lowest BCUT2D eigenvalue weighted by atomic mass is 9.88. The van der Waals surface area contributed by atoms with Crippen molar-refractivity contribution in [1.82, 2.24) is 10.2 Å². The fourth-order valence-electron chi connectivity index (χ4n) is 2.82. The number of carbonyl (C=O) groups is 2. The second kappa shape index (κ2) is 6.89. The molecule has 6 nitrogen and oxygen atoms in total. The van der Waals surface area contributed by atoms with Crippen molar-refractivity contribution in [3.05, 3.63) is 35.9 Å². The van der Waals surface area contributed by atoms with Gasteiger partial charge in [-0.1, -0.05) is 30.3 Å². The lowest BCUT2D eigenvalue weighted by Gasteiger charge is -2.37. The van der Waals surface area contributed by atoms with Gasteiger partial charge in [0.2, 0.25) is 0 Å². The maximum absolute atomic E-state index is 12.0. The highest BCUT2D eigenvalue weighted by molar-refractivity contribution is 5.73. The third kappa shape index (κ3) is 5.16. The molecule has 2 atom stereocenters. The summed E-state index contributed by atoms with van der Waals surface area (Å²) in [6.45, 7) is 6.41. The molecule has 1 aliphatic heterocycles. The molecule has 1 aromatic carbocycles. The molecule has 1 saturated heterocycles. The number of hydrogen-bond acceptors (Lipinski definition) is 3. The molecule has 0 saturated carbocycles. The highest BCUT2D eigenvalue weighted by Crippen LogP contribution is 2.27. The fourth-order valence-corrected chi connectivity index (χ4v) is 2.82. The van der Waals surface area contributed by atoms with E-state index in [9.17, 15) is 9.59 Å². The molecular formula is C17H25N3O3. The second-order valence-corrected chi connectivity index (χ2v) is 6.93. The van der Waals surface area contributed by atoms with Crippen LogP contribution in [0, 0.1) is 0 Å². The molecule has 1 aliphatic rings. The molecule has 126 valence electrons. The lowest BCUT2D eigenvalue weighted by molar-refractivity contribution is 0.0474. The minimum absolute atomic E-state index is 0.136. The van der Waals surface area contributed by atoms with Crippen molar-refractivity contribution in [3.63, 3.8) is 0 Å². The maximum Gasteiger partial charge on any atom is 0.407 e. The fraction of sp³-hybridized carbons (Fsp3) is 0.529. The second-order valence-electron chi connectivity index (χ2n) is 6.93. The van der Waals surface area contributed by atoms with E-state index in [0.717, 1.165) is 12.0 Å². The molecule has 6 heteroatoms. The Morgan fingerprint density at radius 3 is 2.43 bits per heavy atom. The van der Waals surface area contributed by atoms with E-state index in [0.29, 0.717) is 13.1 Å². The molecule has 23 heavy (non-hydrogen) atoms. The third-order valence-electron chi connectivity index (χ3n) is 3.75. The van der Waals surface area contributed by atoms with Gasteiger partial charge < -0.3 is 20.7 Å². The molecule has 0 aromatic heterocycles. The number of amides is 3. The number of alkyl carbamates (subject to hydrolysis) is 1. The van der Waals surface area contributed by atoms with E-state index in [1.165, 1.54) is 0 Å². The number of nitrogens with one attached hydrogen (secondary N) is 1. The largest absolute Gasteiger partial charge is 0.444 e. The summed E-state index contributed by atoms with van der Waals surface area (Å²) in [5, 5.41) is 2.85. The first-order valence-electron chi connectivity index (χ1n) is 7.83. The van der Waals surface area contributed by atoms with Gasteiger partial charge in [0.05, 0.1) is 6.04 Å². The van der Waals surface area contributed by atoms with Crippen molar-refractivity contribution in [3.8, 4) is 0 Å². The van der Waals surface area contributed by atoms with Gasteiger partial charge in [-0.15, -0.1) is 0 Å². The Labute approximate surface area is 137 Å². The van der Waals surface area contributed by atoms with Crippen LogP contribution >= 0.6 is 0 Å². The summed E-state index contributed by atoms with van der Waals surface area (Å²) >= 11 is 0. The number of piperidine rings is 1. The predicted octanol–water partition coefficient (Wildman–Crippen LogP) is 2.45. The van der Waals surface area contributed by atoms with Crippen molar-refractivity contribution in [2.24, 2.45) is 5.73 Å². The van der Waals surface area contributed by atoms with Gasteiger partial charge in [-0.25, -0.2) is 9.59 Å². The normalized spacial score (nSPS) is 21.6. The zero-order valence-corrected chi connectivity index (χ0v) is 13.9. The molecule has 1 fully saturated rings. The molecule has 1 heterocycles. The van der Waals surface area contributed by atoms with Crippen molar-refractivity contribution < 1.29 is 14.3 Å². The first-order valence-corrected chi connectivity index (χ1v) is 7.83. The molecule has 0 radical (unpaired) electrons. The van der Waals surface area contributed by atoms with Crippen LogP contribution in [0.3, 0.4) is 0 Å². The zero-order valence-electron chi connectivity index (χ0n) is 13.9. The van der Waals surface area contributed by atoms with Crippen LogP contribution in [-0.4, -0.2) is 41.8 Å². The van der Waals surface area contributed by atoms with Crippen LogP contribution in [0.2, 0.25) is 0 Å². The van der Waals surface area contributed by atoms with Crippen LogP contribution < -0.4 is 11.1 Å². The molecule has 2 unspecified atom stereocenters. The Balaban J connectivity index is 2.07. The average Bonchev–Trinajstić information content (AvgIpc) is 2.45. The number of ether oxygens (including phenoxy) is 1. The van der Waals surface area contributed by atoms with Crippen molar-refractivity contribution in [1.29, 1.82) is 0 Å². The van der Waals surface area contributed by atoms with Crippen LogP contribution in [0.4, 0.5) is 9.59 Å². The quantitative estimate of drug-likeness (QED) is 0.878. The summed E-state index contributed by atoms with van der Waals surface area (Å²) in [5.41, 5.74) is 6.02. The zero-order chi connectivity index (χ0) is 17.0. The number of benzene rings is 1. The summed E-state index contributed by atoms with van der Waals surface area (Å²) in [6, 6.07) is 9.29. The highest BCUT2D eigenvalue weighted by atomic mass is 16.6. The Morgan fingerprint density at radius 1 is 1.22 bits per heavy atom. The predicted molar refractivity (Wildman–Crippen MR) is 88.1 cm³/mol. The molecule has 0 bridgehead atoms. The van der Waals surface area contributed by atoms with Crippen LogP contribution in [0.25, 0.3) is 0 Å². The number of nitrogens with zero attached hydrogens (tertiary/aromatic N) is 1. The molecule has 0 spiro atoms. The standard InChI is InChI=1S/C17H25N3O3/c1-17(2,3)23-16(22)19-14-9-13(10-20(11-14)15(18)21)12-7-5-4-6-8-12/h4-8,13-14H,9-11H2,1-3H3,(H2,18,21)(H,19,22). The summed E-state index contributed by atoms with van der Waals surface area (Å²) in [7, 11) is 0. The average molecular weight is 319 g/mol. The van der Waals surface area contributed by atoms with Gasteiger partial charge in [0.15, 0.2) is 0 Å². The maximum atomic E-state index is 12.0. The van der Waals surface area contributed by atoms with Crippen LogP contribution in [0.5, 0.6) is 0 Å². The van der Waals surface area contributed by atoms with E-state index in [-0.39, 0.29) is 12.0 Å². The Bertz CT molecular complexity index is 554. The van der Waals surface area contributed by atoms with Crippen molar-refractivity contribution in [2.45, 2.75) is 44.8 Å². The molecule has 0 aliphatic carbocycles. The van der Waals surface area contributed by atoms with Gasteiger partial charge in [-0.3, -0.25) is 0 Å². The van der Waals surface area contributed by atoms with Gasteiger partial charge in [-0.05, 0) is 32.8 Å². The number of hydrogen-bond donors (Lipinski definition) is 2. The summed E-state index contributed by atoms with van der Waals surface area (Å²) in [5.74, 6) is 0.136. The lowest BCUT2D eigenvalue weighted by Crippen LogP contribution is -2.53. The van der Waals surface area contributed by atoms with Crippen LogP contribution in [-0.2, 0) is 4.74 Å². The third-order valence-corrected chi connectivity index (χ3v) is 3.75. The van der Waals surface area contributed by atoms with Crippen LogP contribution in [0.1, 0.15) is 38.7 Å². The molecule has 2 rings (SSSR count). The summed E-state index contributed by atoms with van der Waals surface area (Å²) in [4.78, 5) is 25.1. The molecule has 3 N–H and O–H groups in total.